The van der Waals surface area contributed by atoms with Gasteiger partial charge in [-0.3, -0.25) is 19.2 Å². The lowest BCUT2D eigenvalue weighted by Crippen LogP contribution is -2.74. The van der Waals surface area contributed by atoms with Crippen LogP contribution in [0.25, 0.3) is 0 Å². The number of carbonyl (C=O) groups is 4. The minimum atomic E-state index is -0.800. The van der Waals surface area contributed by atoms with Crippen molar-refractivity contribution in [3.8, 4) is 17.6 Å². The highest BCUT2D eigenvalue weighted by Crippen LogP contribution is 2.55. The lowest BCUT2D eigenvalue weighted by molar-refractivity contribution is -0.164. The topological polar surface area (TPSA) is 180 Å². The maximum Gasteiger partial charge on any atom is 0.251 e. The van der Waals surface area contributed by atoms with Crippen LogP contribution < -0.4 is 30.7 Å². The van der Waals surface area contributed by atoms with Gasteiger partial charge in [0, 0.05) is 41.5 Å². The molecule has 0 unspecified atom stereocenters. The second-order valence-corrected chi connectivity index (χ2v) is 20.0. The van der Waals surface area contributed by atoms with Gasteiger partial charge in [0.25, 0.3) is 5.91 Å². The summed E-state index contributed by atoms with van der Waals surface area (Å²) in [4.78, 5) is 55.9. The average Bonchev–Trinajstić information content (AvgIpc) is 3.90. The number of ether oxygens (including phenoxy) is 4. The van der Waals surface area contributed by atoms with E-state index in [-0.39, 0.29) is 41.9 Å². The molecule has 2 fully saturated rings. The van der Waals surface area contributed by atoms with Gasteiger partial charge in [0.2, 0.25) is 17.7 Å². The van der Waals surface area contributed by atoms with Gasteiger partial charge < -0.3 is 45.1 Å². The third-order valence-electron chi connectivity index (χ3n) is 13.1. The number of nitriles is 1. The SMILES string of the molecule is CN[C@@H](C)C(=O)N[C@H](C(=O)N1CCC[C@H]1C(=O)N[C@H]1c2ccccc2C[C@H]1OCCOCCOc1ccc(C(=O)NC2C(C)(C)C(Oc3ccc(C#N)c(Cl)c3)C2(C)C)cc1)C(C)(C)C. The molecule has 0 aromatic heterocycles. The molecule has 0 spiro atoms. The monoisotopic (exact) mass is 912 g/mol. The molecule has 65 heavy (non-hydrogen) atoms. The Bertz CT molecular complexity index is 2220. The Morgan fingerprint density at radius 3 is 2.26 bits per heavy atom. The number of benzene rings is 3. The predicted molar refractivity (Wildman–Crippen MR) is 248 cm³/mol. The van der Waals surface area contributed by atoms with Crippen LogP contribution in [0, 0.1) is 27.6 Å². The molecule has 5 atom stereocenters. The normalized spacial score (nSPS) is 22.7. The first-order valence-corrected chi connectivity index (χ1v) is 22.9. The Morgan fingerprint density at radius 2 is 1.60 bits per heavy atom. The summed E-state index contributed by atoms with van der Waals surface area (Å²) in [5, 5.41) is 21.8. The molecule has 4 N–H and O–H groups in total. The molecule has 1 saturated heterocycles. The van der Waals surface area contributed by atoms with Crippen LogP contribution in [-0.2, 0) is 30.3 Å². The van der Waals surface area contributed by atoms with Gasteiger partial charge in [-0.1, -0.05) is 84.3 Å². The second-order valence-electron chi connectivity index (χ2n) is 19.6. The van der Waals surface area contributed by atoms with Crippen LogP contribution >= 0.6 is 11.6 Å². The third kappa shape index (κ3) is 11.1. The van der Waals surface area contributed by atoms with Crippen LogP contribution in [0.15, 0.2) is 66.7 Å². The van der Waals surface area contributed by atoms with Crippen molar-refractivity contribution < 1.29 is 38.1 Å². The zero-order valence-electron chi connectivity index (χ0n) is 39.1. The lowest BCUT2D eigenvalue weighted by Gasteiger charge is -2.63. The summed E-state index contributed by atoms with van der Waals surface area (Å²) in [6, 6.07) is 19.5. The zero-order valence-corrected chi connectivity index (χ0v) is 39.8. The first-order chi connectivity index (χ1) is 30.8. The molecule has 1 saturated carbocycles. The van der Waals surface area contributed by atoms with E-state index in [2.05, 4.69) is 55.0 Å². The Morgan fingerprint density at radius 1 is 0.923 bits per heavy atom. The minimum absolute atomic E-state index is 0.172. The first kappa shape index (κ1) is 49.2. The Kier molecular flexibility index (Phi) is 15.6. The molecule has 2 aliphatic carbocycles. The average molecular weight is 914 g/mol. The van der Waals surface area contributed by atoms with Crippen molar-refractivity contribution in [2.24, 2.45) is 16.2 Å². The van der Waals surface area contributed by atoms with E-state index in [1.54, 1.807) is 61.3 Å². The molecule has 3 aromatic rings. The van der Waals surface area contributed by atoms with E-state index >= 15 is 0 Å². The van der Waals surface area contributed by atoms with E-state index in [0.29, 0.717) is 79.9 Å². The molecule has 6 rings (SSSR count). The van der Waals surface area contributed by atoms with Gasteiger partial charge in [0.05, 0.1) is 48.6 Å². The molecular formula is C50H65ClN6O8. The lowest BCUT2D eigenvalue weighted by atomic mass is 9.49. The van der Waals surface area contributed by atoms with E-state index in [4.69, 9.17) is 30.5 Å². The van der Waals surface area contributed by atoms with E-state index in [1.807, 2.05) is 45.0 Å². The van der Waals surface area contributed by atoms with Crippen molar-refractivity contribution in [2.45, 2.75) is 117 Å². The molecule has 1 heterocycles. The maximum absolute atomic E-state index is 14.0. The minimum Gasteiger partial charge on any atom is -0.491 e. The highest BCUT2D eigenvalue weighted by molar-refractivity contribution is 6.31. The molecule has 14 nitrogen and oxygen atoms in total. The largest absolute Gasteiger partial charge is 0.491 e. The van der Waals surface area contributed by atoms with Gasteiger partial charge in [0.1, 0.15) is 42.4 Å². The highest BCUT2D eigenvalue weighted by atomic mass is 35.5. The number of nitrogens with zero attached hydrogens (tertiary/aromatic N) is 2. The molecule has 0 bridgehead atoms. The summed E-state index contributed by atoms with van der Waals surface area (Å²) in [7, 11) is 1.69. The van der Waals surface area contributed by atoms with Crippen molar-refractivity contribution in [1.29, 1.82) is 5.26 Å². The zero-order chi connectivity index (χ0) is 47.3. The standard InChI is InChI=1S/C50H65ClN6O8/c1-30(53-9)42(58)55-41(48(2,3)4)45(61)57-22-12-15-38(57)44(60)54-40-36-14-11-10-13-32(36)27-39(40)64-26-24-62-23-25-63-34-19-16-31(17-20-34)43(59)56-46-49(5,6)47(50(46,7)8)65-35-21-18-33(29-52)37(51)28-35/h10-11,13-14,16-21,28,30,38-41,46-47,53H,12,15,22-27H2,1-9H3,(H,54,60)(H,55,58)(H,56,59)/t30-,38-,39+,40-,41+,46?,47?/m0/s1. The number of hydrogen-bond acceptors (Lipinski definition) is 10. The summed E-state index contributed by atoms with van der Waals surface area (Å²) in [5.74, 6) is 0.203. The second kappa shape index (κ2) is 20.5. The Balaban J connectivity index is 0.944. The number of carbonyl (C=O) groups excluding carboxylic acids is 4. The van der Waals surface area contributed by atoms with Gasteiger partial charge in [-0.25, -0.2) is 0 Å². The number of likely N-dealkylation sites (N-methyl/N-ethyl adjacent to an activating group) is 1. The van der Waals surface area contributed by atoms with Gasteiger partial charge in [-0.15, -0.1) is 0 Å². The van der Waals surface area contributed by atoms with Crippen molar-refractivity contribution in [3.05, 3.63) is 94.0 Å². The van der Waals surface area contributed by atoms with Crippen molar-refractivity contribution in [1.82, 2.24) is 26.2 Å². The maximum atomic E-state index is 14.0. The van der Waals surface area contributed by atoms with E-state index in [9.17, 15) is 24.4 Å². The third-order valence-corrected chi connectivity index (χ3v) is 13.5. The van der Waals surface area contributed by atoms with Gasteiger partial charge in [0.15, 0.2) is 0 Å². The van der Waals surface area contributed by atoms with Crippen molar-refractivity contribution in [2.75, 3.05) is 40.0 Å². The fraction of sp³-hybridized carbons (Fsp3) is 0.540. The molecule has 4 amide bonds. The van der Waals surface area contributed by atoms with Crippen LogP contribution in [0.5, 0.6) is 11.5 Å². The van der Waals surface area contributed by atoms with Gasteiger partial charge in [-0.2, -0.15) is 5.26 Å². The van der Waals surface area contributed by atoms with Crippen molar-refractivity contribution >= 4 is 35.2 Å². The number of hydrogen-bond donors (Lipinski definition) is 4. The van der Waals surface area contributed by atoms with Crippen LogP contribution in [0.4, 0.5) is 0 Å². The van der Waals surface area contributed by atoms with Gasteiger partial charge >= 0.3 is 0 Å². The number of halogens is 1. The molecule has 3 aliphatic rings. The first-order valence-electron chi connectivity index (χ1n) is 22.5. The molecule has 1 aliphatic heterocycles. The Hall–Kier alpha value is -5.20. The van der Waals surface area contributed by atoms with Crippen LogP contribution in [0.2, 0.25) is 5.02 Å². The summed E-state index contributed by atoms with van der Waals surface area (Å²) in [6.07, 6.45) is 1.29. The quantitative estimate of drug-likeness (QED) is 0.108. The number of nitrogens with one attached hydrogen (secondary N) is 4. The predicted octanol–water partition coefficient (Wildman–Crippen LogP) is 6.15. The molecule has 350 valence electrons. The van der Waals surface area contributed by atoms with Crippen molar-refractivity contribution in [3.63, 3.8) is 0 Å². The van der Waals surface area contributed by atoms with E-state index < -0.39 is 40.4 Å². The Labute approximate surface area is 388 Å². The number of amides is 4. The van der Waals surface area contributed by atoms with Gasteiger partial charge in [-0.05, 0) is 79.8 Å². The summed E-state index contributed by atoms with van der Waals surface area (Å²) >= 11 is 6.24. The fourth-order valence-electron chi connectivity index (χ4n) is 9.74. The molecule has 0 radical (unpaired) electrons. The highest BCUT2D eigenvalue weighted by Gasteiger charge is 2.64. The number of fused-ring (bicyclic) bond motifs is 1. The van der Waals surface area contributed by atoms with Crippen LogP contribution in [0.1, 0.15) is 101 Å². The van der Waals surface area contributed by atoms with E-state index in [1.165, 1.54) is 0 Å². The summed E-state index contributed by atoms with van der Waals surface area (Å²) in [5.41, 5.74) is 1.61. The van der Waals surface area contributed by atoms with Crippen LogP contribution in [0.3, 0.4) is 0 Å². The summed E-state index contributed by atoms with van der Waals surface area (Å²) in [6.45, 7) is 17.4. The molecule has 15 heteroatoms. The smallest absolute Gasteiger partial charge is 0.251 e. The molecular weight excluding hydrogens is 848 g/mol. The number of likely N-dealkylation sites (tertiary alicyclic amines) is 1. The fourth-order valence-corrected chi connectivity index (χ4v) is 9.95. The molecule has 3 aromatic carbocycles. The number of rotatable bonds is 18. The summed E-state index contributed by atoms with van der Waals surface area (Å²) < 4.78 is 24.4. The van der Waals surface area contributed by atoms with Crippen LogP contribution in [-0.4, -0.2) is 105 Å². The van der Waals surface area contributed by atoms with E-state index in [0.717, 1.165) is 11.1 Å².